The Morgan fingerprint density at radius 3 is 2.83 bits per heavy atom. The lowest BCUT2D eigenvalue weighted by molar-refractivity contribution is 0.397. The highest BCUT2D eigenvalue weighted by Crippen LogP contribution is 2.23. The normalized spacial score (nSPS) is 12.6. The van der Waals surface area contributed by atoms with Crippen molar-refractivity contribution in [3.05, 3.63) is 42.2 Å². The minimum atomic E-state index is 0.556. The predicted octanol–water partition coefficient (Wildman–Crippen LogP) is 3.31. The summed E-state index contributed by atoms with van der Waals surface area (Å²) in [5, 5.41) is 4.65. The molecule has 0 amide bonds. The van der Waals surface area contributed by atoms with Gasteiger partial charge in [-0.15, -0.1) is 0 Å². The van der Waals surface area contributed by atoms with Crippen molar-refractivity contribution in [2.75, 3.05) is 6.54 Å². The van der Waals surface area contributed by atoms with E-state index in [0.29, 0.717) is 5.25 Å². The van der Waals surface area contributed by atoms with Crippen molar-refractivity contribution in [1.29, 1.82) is 0 Å². The largest absolute Gasteiger partial charge is 0.360 e. The Kier molecular flexibility index (Phi) is 4.84. The van der Waals surface area contributed by atoms with Gasteiger partial charge in [0.25, 0.3) is 0 Å². The van der Waals surface area contributed by atoms with Gasteiger partial charge in [-0.05, 0) is 13.0 Å². The standard InChI is InChI=1S/C14H18N2OS/c1-11(7-8-15)18-10-13-9-14(16-17-13)12-5-3-2-4-6-12/h2-6,9,11H,7-8,10,15H2,1H3. The quantitative estimate of drug-likeness (QED) is 0.867. The molecule has 1 heterocycles. The molecule has 96 valence electrons. The summed E-state index contributed by atoms with van der Waals surface area (Å²) in [5.74, 6) is 1.77. The highest BCUT2D eigenvalue weighted by molar-refractivity contribution is 7.99. The number of thioether (sulfide) groups is 1. The molecule has 0 fully saturated rings. The monoisotopic (exact) mass is 262 g/mol. The minimum Gasteiger partial charge on any atom is -0.360 e. The van der Waals surface area contributed by atoms with E-state index in [1.807, 2.05) is 48.2 Å². The van der Waals surface area contributed by atoms with Crippen LogP contribution in [0.5, 0.6) is 0 Å². The summed E-state index contributed by atoms with van der Waals surface area (Å²) in [5.41, 5.74) is 7.52. The Labute approximate surface area is 112 Å². The maximum atomic E-state index is 5.53. The minimum absolute atomic E-state index is 0.556. The molecule has 0 spiro atoms. The highest BCUT2D eigenvalue weighted by atomic mass is 32.2. The van der Waals surface area contributed by atoms with Gasteiger partial charge in [-0.25, -0.2) is 0 Å². The first-order chi connectivity index (χ1) is 8.79. The van der Waals surface area contributed by atoms with Crippen molar-refractivity contribution in [3.8, 4) is 11.3 Å². The van der Waals surface area contributed by atoms with E-state index in [2.05, 4.69) is 12.1 Å². The fourth-order valence-electron chi connectivity index (χ4n) is 1.67. The molecule has 0 aliphatic rings. The zero-order valence-corrected chi connectivity index (χ0v) is 11.3. The van der Waals surface area contributed by atoms with Gasteiger partial charge >= 0.3 is 0 Å². The number of benzene rings is 1. The molecular formula is C14H18N2OS. The molecule has 1 aromatic heterocycles. The first kappa shape index (κ1) is 13.2. The van der Waals surface area contributed by atoms with Crippen molar-refractivity contribution < 1.29 is 4.52 Å². The second-order valence-corrected chi connectivity index (χ2v) is 5.67. The summed E-state index contributed by atoms with van der Waals surface area (Å²) < 4.78 is 5.35. The summed E-state index contributed by atoms with van der Waals surface area (Å²) in [4.78, 5) is 0. The molecule has 0 radical (unpaired) electrons. The molecule has 4 heteroatoms. The van der Waals surface area contributed by atoms with Gasteiger partial charge in [-0.3, -0.25) is 0 Å². The van der Waals surface area contributed by atoms with Crippen LogP contribution in [0.4, 0.5) is 0 Å². The Bertz CT molecular complexity index is 470. The molecule has 2 N–H and O–H groups in total. The number of nitrogens with two attached hydrogens (primary N) is 1. The van der Waals surface area contributed by atoms with Crippen molar-refractivity contribution >= 4 is 11.8 Å². The Hall–Kier alpha value is -1.26. The van der Waals surface area contributed by atoms with E-state index in [9.17, 15) is 0 Å². The number of aromatic nitrogens is 1. The van der Waals surface area contributed by atoms with Crippen LogP contribution in [0.2, 0.25) is 0 Å². The lowest BCUT2D eigenvalue weighted by Crippen LogP contribution is -2.07. The summed E-state index contributed by atoms with van der Waals surface area (Å²) in [6, 6.07) is 12.1. The van der Waals surface area contributed by atoms with Crippen LogP contribution in [-0.2, 0) is 5.75 Å². The van der Waals surface area contributed by atoms with Gasteiger partial charge in [0, 0.05) is 16.9 Å². The molecule has 1 aromatic carbocycles. The van der Waals surface area contributed by atoms with Gasteiger partial charge in [0.1, 0.15) is 11.5 Å². The first-order valence-corrected chi connectivity index (χ1v) is 7.17. The maximum Gasteiger partial charge on any atom is 0.147 e. The van der Waals surface area contributed by atoms with Gasteiger partial charge < -0.3 is 10.3 Å². The summed E-state index contributed by atoms with van der Waals surface area (Å²) >= 11 is 1.85. The van der Waals surface area contributed by atoms with Gasteiger partial charge in [-0.1, -0.05) is 42.4 Å². The molecule has 18 heavy (non-hydrogen) atoms. The third-order valence-electron chi connectivity index (χ3n) is 2.71. The zero-order chi connectivity index (χ0) is 12.8. The molecule has 3 nitrogen and oxygen atoms in total. The SMILES string of the molecule is CC(CCN)SCc1cc(-c2ccccc2)no1. The average Bonchev–Trinajstić information content (AvgIpc) is 2.87. The number of nitrogens with zero attached hydrogens (tertiary/aromatic N) is 1. The van der Waals surface area contributed by atoms with E-state index < -0.39 is 0 Å². The third-order valence-corrected chi connectivity index (χ3v) is 3.97. The van der Waals surface area contributed by atoms with Crippen LogP contribution in [0.1, 0.15) is 19.1 Å². The van der Waals surface area contributed by atoms with E-state index in [-0.39, 0.29) is 0 Å². The van der Waals surface area contributed by atoms with Gasteiger partial charge in [0.05, 0.1) is 5.75 Å². The Balaban J connectivity index is 1.95. The molecule has 2 aromatic rings. The number of hydrogen-bond acceptors (Lipinski definition) is 4. The summed E-state index contributed by atoms with van der Waals surface area (Å²) in [6.45, 7) is 2.92. The fraction of sp³-hybridized carbons (Fsp3) is 0.357. The molecule has 1 atom stereocenters. The average molecular weight is 262 g/mol. The Morgan fingerprint density at radius 1 is 1.33 bits per heavy atom. The van der Waals surface area contributed by atoms with Crippen molar-refractivity contribution in [1.82, 2.24) is 5.16 Å². The maximum absolute atomic E-state index is 5.53. The third kappa shape index (κ3) is 3.62. The van der Waals surface area contributed by atoms with Crippen LogP contribution in [-0.4, -0.2) is 17.0 Å². The summed E-state index contributed by atoms with van der Waals surface area (Å²) in [7, 11) is 0. The van der Waals surface area contributed by atoms with Crippen LogP contribution in [0.3, 0.4) is 0 Å². The van der Waals surface area contributed by atoms with E-state index in [4.69, 9.17) is 10.3 Å². The zero-order valence-electron chi connectivity index (χ0n) is 10.5. The lowest BCUT2D eigenvalue weighted by Gasteiger charge is -2.06. The van der Waals surface area contributed by atoms with Crippen LogP contribution < -0.4 is 5.73 Å². The van der Waals surface area contributed by atoms with Crippen LogP contribution in [0.15, 0.2) is 40.9 Å². The molecular weight excluding hydrogens is 244 g/mol. The van der Waals surface area contributed by atoms with Crippen molar-refractivity contribution in [2.45, 2.75) is 24.3 Å². The summed E-state index contributed by atoms with van der Waals surface area (Å²) in [6.07, 6.45) is 1.03. The number of rotatable bonds is 6. The number of hydrogen-bond donors (Lipinski definition) is 1. The Morgan fingerprint density at radius 2 is 2.11 bits per heavy atom. The van der Waals surface area contributed by atoms with Crippen LogP contribution >= 0.6 is 11.8 Å². The second kappa shape index (κ2) is 6.61. The molecule has 0 saturated heterocycles. The predicted molar refractivity (Wildman–Crippen MR) is 76.4 cm³/mol. The molecule has 1 unspecified atom stereocenters. The van der Waals surface area contributed by atoms with Gasteiger partial charge in [-0.2, -0.15) is 11.8 Å². The van der Waals surface area contributed by atoms with E-state index in [1.165, 1.54) is 0 Å². The van der Waals surface area contributed by atoms with E-state index >= 15 is 0 Å². The lowest BCUT2D eigenvalue weighted by atomic mass is 10.1. The van der Waals surface area contributed by atoms with Crippen molar-refractivity contribution in [2.24, 2.45) is 5.73 Å². The first-order valence-electron chi connectivity index (χ1n) is 6.12. The molecule has 0 saturated carbocycles. The topological polar surface area (TPSA) is 52.0 Å². The van der Waals surface area contributed by atoms with Crippen molar-refractivity contribution in [3.63, 3.8) is 0 Å². The molecule has 2 rings (SSSR count). The fourth-order valence-corrected chi connectivity index (χ4v) is 2.56. The van der Waals surface area contributed by atoms with Crippen LogP contribution in [0, 0.1) is 0 Å². The van der Waals surface area contributed by atoms with Crippen LogP contribution in [0.25, 0.3) is 11.3 Å². The molecule has 0 bridgehead atoms. The van der Waals surface area contributed by atoms with Gasteiger partial charge in [0.2, 0.25) is 0 Å². The molecule has 0 aliphatic heterocycles. The second-order valence-electron chi connectivity index (χ2n) is 4.24. The molecule has 0 aliphatic carbocycles. The van der Waals surface area contributed by atoms with E-state index in [0.717, 1.165) is 35.7 Å². The smallest absolute Gasteiger partial charge is 0.147 e. The highest BCUT2D eigenvalue weighted by Gasteiger charge is 2.08. The van der Waals surface area contributed by atoms with Gasteiger partial charge in [0.15, 0.2) is 0 Å². The van der Waals surface area contributed by atoms with E-state index in [1.54, 1.807) is 0 Å².